The van der Waals surface area contributed by atoms with E-state index in [-0.39, 0.29) is 12.2 Å². The zero-order valence-electron chi connectivity index (χ0n) is 22.3. The fraction of sp³-hybridized carbons (Fsp3) is 0.194. The molecule has 2 aromatic heterocycles. The average Bonchev–Trinajstić information content (AvgIpc) is 3.52. The Hall–Kier alpha value is -4.14. The van der Waals surface area contributed by atoms with Crippen molar-refractivity contribution >= 4 is 35.0 Å². The molecule has 9 heteroatoms. The molecule has 5 rings (SSSR count). The molecule has 0 saturated heterocycles. The molecule has 1 atom stereocenters. The number of aromatic nitrogens is 1. The van der Waals surface area contributed by atoms with Crippen molar-refractivity contribution in [1.82, 2.24) is 4.57 Å². The molecular weight excluding hydrogens is 548 g/mol. The van der Waals surface area contributed by atoms with E-state index in [1.807, 2.05) is 49.4 Å². The van der Waals surface area contributed by atoms with E-state index in [1.165, 1.54) is 11.3 Å². The van der Waals surface area contributed by atoms with Crippen molar-refractivity contribution in [2.24, 2.45) is 4.99 Å². The van der Waals surface area contributed by atoms with Crippen LogP contribution in [0.3, 0.4) is 0 Å². The van der Waals surface area contributed by atoms with Crippen molar-refractivity contribution in [3.05, 3.63) is 120 Å². The van der Waals surface area contributed by atoms with E-state index in [0.29, 0.717) is 49.5 Å². The number of benzene rings is 2. The molecule has 204 valence electrons. The standard InChI is InChI=1S/C31H27ClN2O5S/c1-5-15-38-22-11-8-20(9-12-22)28-27(30(36)37-6-2)19(4)33-31-34(28)29(35)26(40-31)17-23-13-14-25(39-23)24-16-21(32)10-7-18(24)3/h5,7-14,16-17,28H,1,6,15H2,2-4H3/b26-17-/t28-/m1/s1. The van der Waals surface area contributed by atoms with Gasteiger partial charge < -0.3 is 13.9 Å². The van der Waals surface area contributed by atoms with Gasteiger partial charge in [-0.15, -0.1) is 0 Å². The molecule has 0 unspecified atom stereocenters. The second kappa shape index (κ2) is 11.5. The van der Waals surface area contributed by atoms with Crippen LogP contribution in [-0.4, -0.2) is 23.8 Å². The number of carbonyl (C=O) groups excluding carboxylic acids is 1. The van der Waals surface area contributed by atoms with Gasteiger partial charge in [0.05, 0.1) is 28.5 Å². The summed E-state index contributed by atoms with van der Waals surface area (Å²) in [5, 5.41) is 0.611. The van der Waals surface area contributed by atoms with E-state index < -0.39 is 12.0 Å². The van der Waals surface area contributed by atoms with Crippen molar-refractivity contribution in [3.63, 3.8) is 0 Å². The second-order valence-electron chi connectivity index (χ2n) is 9.13. The first kappa shape index (κ1) is 27.4. The number of aryl methyl sites for hydroxylation is 1. The number of carbonyl (C=O) groups is 1. The van der Waals surface area contributed by atoms with Crippen LogP contribution in [0.5, 0.6) is 5.75 Å². The number of rotatable bonds is 8. The van der Waals surface area contributed by atoms with Crippen molar-refractivity contribution in [1.29, 1.82) is 0 Å². The summed E-state index contributed by atoms with van der Waals surface area (Å²) in [6.07, 6.45) is 3.36. The summed E-state index contributed by atoms with van der Waals surface area (Å²) in [5.74, 6) is 1.30. The molecule has 7 nitrogen and oxygen atoms in total. The maximum absolute atomic E-state index is 13.8. The number of hydrogen-bond donors (Lipinski definition) is 0. The Balaban J connectivity index is 1.61. The molecule has 1 aliphatic rings. The minimum absolute atomic E-state index is 0.202. The lowest BCUT2D eigenvalue weighted by Crippen LogP contribution is -2.39. The van der Waals surface area contributed by atoms with Gasteiger partial charge in [0.15, 0.2) is 4.80 Å². The number of halogens is 1. The summed E-state index contributed by atoms with van der Waals surface area (Å²) >= 11 is 7.43. The Morgan fingerprint density at radius 1 is 1.18 bits per heavy atom. The van der Waals surface area contributed by atoms with Crippen LogP contribution in [0.2, 0.25) is 5.02 Å². The van der Waals surface area contributed by atoms with Crippen molar-refractivity contribution in [3.8, 4) is 17.1 Å². The molecule has 4 aromatic rings. The first-order valence-electron chi connectivity index (χ1n) is 12.7. The van der Waals surface area contributed by atoms with E-state index in [4.69, 9.17) is 25.5 Å². The highest BCUT2D eigenvalue weighted by Gasteiger charge is 2.33. The molecule has 40 heavy (non-hydrogen) atoms. The van der Waals surface area contributed by atoms with Gasteiger partial charge in [-0.1, -0.05) is 53.8 Å². The SMILES string of the molecule is C=CCOc1ccc([C@@H]2C(C(=O)OCC)=C(C)N=c3s/c(=C\c4ccc(-c5cc(Cl)ccc5C)o4)c(=O)n32)cc1. The van der Waals surface area contributed by atoms with Crippen LogP contribution in [0.1, 0.15) is 36.8 Å². The Kier molecular flexibility index (Phi) is 7.91. The lowest BCUT2D eigenvalue weighted by atomic mass is 9.96. The van der Waals surface area contributed by atoms with E-state index in [0.717, 1.165) is 16.7 Å². The van der Waals surface area contributed by atoms with Gasteiger partial charge in [0.25, 0.3) is 5.56 Å². The van der Waals surface area contributed by atoms with Gasteiger partial charge in [0.1, 0.15) is 23.9 Å². The monoisotopic (exact) mass is 574 g/mol. The summed E-state index contributed by atoms with van der Waals surface area (Å²) in [4.78, 5) is 32.0. The van der Waals surface area contributed by atoms with Crippen LogP contribution in [0.15, 0.2) is 92.7 Å². The third-order valence-corrected chi connectivity index (χ3v) is 7.66. The molecule has 0 fully saturated rings. The van der Waals surface area contributed by atoms with Gasteiger partial charge in [-0.3, -0.25) is 9.36 Å². The third-order valence-electron chi connectivity index (χ3n) is 6.45. The lowest BCUT2D eigenvalue weighted by Gasteiger charge is -2.24. The number of furan rings is 1. The zero-order chi connectivity index (χ0) is 28.4. The maximum atomic E-state index is 13.8. The predicted molar refractivity (Wildman–Crippen MR) is 156 cm³/mol. The lowest BCUT2D eigenvalue weighted by molar-refractivity contribution is -0.139. The van der Waals surface area contributed by atoms with Crippen molar-refractivity contribution < 1.29 is 18.7 Å². The van der Waals surface area contributed by atoms with Gasteiger partial charge in [-0.2, -0.15) is 0 Å². The summed E-state index contributed by atoms with van der Waals surface area (Å²) in [7, 11) is 0. The molecule has 0 amide bonds. The molecule has 0 bridgehead atoms. The number of thiazole rings is 1. The van der Waals surface area contributed by atoms with Gasteiger partial charge in [0.2, 0.25) is 0 Å². The number of allylic oxidation sites excluding steroid dienone is 1. The molecule has 2 aromatic carbocycles. The summed E-state index contributed by atoms with van der Waals surface area (Å²) in [6, 6.07) is 15.8. The molecule has 3 heterocycles. The minimum Gasteiger partial charge on any atom is -0.490 e. The van der Waals surface area contributed by atoms with E-state index in [2.05, 4.69) is 11.6 Å². The smallest absolute Gasteiger partial charge is 0.338 e. The van der Waals surface area contributed by atoms with E-state index >= 15 is 0 Å². The third kappa shape index (κ3) is 5.33. The highest BCUT2D eigenvalue weighted by Crippen LogP contribution is 2.32. The maximum Gasteiger partial charge on any atom is 0.338 e. The Bertz CT molecular complexity index is 1810. The van der Waals surface area contributed by atoms with E-state index in [1.54, 1.807) is 42.7 Å². The fourth-order valence-corrected chi connectivity index (χ4v) is 5.77. The molecule has 0 N–H and O–H groups in total. The van der Waals surface area contributed by atoms with Crippen LogP contribution in [0.4, 0.5) is 0 Å². The van der Waals surface area contributed by atoms with Crippen LogP contribution >= 0.6 is 22.9 Å². The van der Waals surface area contributed by atoms with Crippen LogP contribution in [0, 0.1) is 6.92 Å². The van der Waals surface area contributed by atoms with Gasteiger partial charge in [0, 0.05) is 16.7 Å². The average molecular weight is 575 g/mol. The van der Waals surface area contributed by atoms with Crippen LogP contribution in [0.25, 0.3) is 17.4 Å². The first-order chi connectivity index (χ1) is 19.3. The number of ether oxygens (including phenoxy) is 2. The highest BCUT2D eigenvalue weighted by atomic mass is 35.5. The number of hydrogen-bond acceptors (Lipinski definition) is 7. The summed E-state index contributed by atoms with van der Waals surface area (Å²) in [5.41, 5.74) is 3.16. The first-order valence-corrected chi connectivity index (χ1v) is 13.9. The van der Waals surface area contributed by atoms with Gasteiger partial charge in [-0.25, -0.2) is 9.79 Å². The Labute approximate surface area is 240 Å². The fourth-order valence-electron chi connectivity index (χ4n) is 4.57. The number of esters is 1. The van der Waals surface area contributed by atoms with Crippen molar-refractivity contribution in [2.75, 3.05) is 13.2 Å². The quantitative estimate of drug-likeness (QED) is 0.202. The Morgan fingerprint density at radius 2 is 1.95 bits per heavy atom. The molecule has 0 saturated carbocycles. The second-order valence-corrected chi connectivity index (χ2v) is 10.6. The van der Waals surface area contributed by atoms with E-state index in [9.17, 15) is 9.59 Å². The van der Waals surface area contributed by atoms with Gasteiger partial charge >= 0.3 is 5.97 Å². The summed E-state index contributed by atoms with van der Waals surface area (Å²) < 4.78 is 19.0. The topological polar surface area (TPSA) is 83.0 Å². The molecule has 0 radical (unpaired) electrons. The molecular formula is C31H27ClN2O5S. The zero-order valence-corrected chi connectivity index (χ0v) is 23.8. The summed E-state index contributed by atoms with van der Waals surface area (Å²) in [6.45, 7) is 9.71. The molecule has 0 spiro atoms. The Morgan fingerprint density at radius 3 is 2.67 bits per heavy atom. The largest absolute Gasteiger partial charge is 0.490 e. The van der Waals surface area contributed by atoms with Crippen molar-refractivity contribution in [2.45, 2.75) is 26.8 Å². The normalized spacial score (nSPS) is 15.0. The predicted octanol–water partition coefficient (Wildman–Crippen LogP) is 5.58. The number of fused-ring (bicyclic) bond motifs is 1. The highest BCUT2D eigenvalue weighted by molar-refractivity contribution is 7.07. The minimum atomic E-state index is -0.716. The van der Waals surface area contributed by atoms with Crippen LogP contribution in [-0.2, 0) is 9.53 Å². The molecule has 1 aliphatic heterocycles. The molecule has 0 aliphatic carbocycles. The number of nitrogens with zero attached hydrogens (tertiary/aromatic N) is 2. The van der Waals surface area contributed by atoms with Crippen LogP contribution < -0.4 is 19.6 Å². The van der Waals surface area contributed by atoms with Gasteiger partial charge in [-0.05, 0) is 68.3 Å².